The van der Waals surface area contributed by atoms with Crippen LogP contribution in [0.25, 0.3) is 0 Å². The molecule has 0 unspecified atom stereocenters. The van der Waals surface area contributed by atoms with Gasteiger partial charge in [-0.2, -0.15) is 0 Å². The lowest BCUT2D eigenvalue weighted by molar-refractivity contribution is 0.670. The second kappa shape index (κ2) is 8.53. The highest BCUT2D eigenvalue weighted by atomic mass is 32.2. The van der Waals surface area contributed by atoms with E-state index in [0.29, 0.717) is 0 Å². The molecule has 0 spiro atoms. The summed E-state index contributed by atoms with van der Waals surface area (Å²) in [4.78, 5) is 4.37. The second-order valence-corrected chi connectivity index (χ2v) is 7.89. The van der Waals surface area contributed by atoms with Gasteiger partial charge in [-0.25, -0.2) is 0 Å². The van der Waals surface area contributed by atoms with Crippen LogP contribution in [0.4, 0.5) is 0 Å². The lowest BCUT2D eigenvalue weighted by Crippen LogP contribution is -1.87. The molecule has 1 aromatic carbocycles. The molecule has 2 heteroatoms. The molecule has 0 bridgehead atoms. The van der Waals surface area contributed by atoms with Crippen LogP contribution in [0.2, 0.25) is 0 Å². The average Bonchev–Trinajstić information content (AvgIpc) is 2.77. The number of aryl methyl sites for hydroxylation is 3. The third kappa shape index (κ3) is 5.34. The first-order valence-corrected chi connectivity index (χ1v) is 9.29. The summed E-state index contributed by atoms with van der Waals surface area (Å²) < 4.78 is 0. The topological polar surface area (TPSA) is 0 Å². The first kappa shape index (κ1) is 15.7. The molecule has 2 aromatic rings. The Morgan fingerprint density at radius 3 is 2.40 bits per heavy atom. The normalized spacial score (nSPS) is 10.9. The Hall–Kier alpha value is -0.730. The Morgan fingerprint density at radius 2 is 1.70 bits per heavy atom. The van der Waals surface area contributed by atoms with Crippen LogP contribution in [-0.2, 0) is 6.42 Å². The van der Waals surface area contributed by atoms with E-state index in [1.54, 1.807) is 5.56 Å². The van der Waals surface area contributed by atoms with Gasteiger partial charge in [0, 0.05) is 14.6 Å². The van der Waals surface area contributed by atoms with E-state index in [0.717, 1.165) is 0 Å². The van der Waals surface area contributed by atoms with Crippen LogP contribution < -0.4 is 0 Å². The smallest absolute Gasteiger partial charge is 0.00719 e. The maximum atomic E-state index is 2.37. The standard InChI is InChI=1S/C18H24S2/c1-15-14-17(16(2)20-15)10-6-3-4-9-13-19-18-11-7-5-8-12-18/h5,7-8,11-12,14H,3-4,6,9-10,13H2,1-2H3. The highest BCUT2D eigenvalue weighted by molar-refractivity contribution is 7.99. The minimum Gasteiger partial charge on any atom is -0.146 e. The fourth-order valence-electron chi connectivity index (χ4n) is 2.41. The number of hydrogen-bond acceptors (Lipinski definition) is 2. The van der Waals surface area contributed by atoms with E-state index in [-0.39, 0.29) is 0 Å². The zero-order chi connectivity index (χ0) is 14.2. The molecule has 108 valence electrons. The summed E-state index contributed by atoms with van der Waals surface area (Å²) >= 11 is 3.92. The van der Waals surface area contributed by atoms with Gasteiger partial charge in [0.15, 0.2) is 0 Å². The molecule has 0 saturated carbocycles. The van der Waals surface area contributed by atoms with Gasteiger partial charge in [0.1, 0.15) is 0 Å². The van der Waals surface area contributed by atoms with Crippen LogP contribution in [0.1, 0.15) is 41.0 Å². The fourth-order valence-corrected chi connectivity index (χ4v) is 4.32. The summed E-state index contributed by atoms with van der Waals surface area (Å²) in [6.45, 7) is 4.46. The van der Waals surface area contributed by atoms with Crippen LogP contribution in [-0.4, -0.2) is 5.75 Å². The first-order valence-electron chi connectivity index (χ1n) is 7.49. The lowest BCUT2D eigenvalue weighted by atomic mass is 10.1. The van der Waals surface area contributed by atoms with E-state index in [1.807, 2.05) is 23.1 Å². The van der Waals surface area contributed by atoms with Crippen LogP contribution in [0.3, 0.4) is 0 Å². The van der Waals surface area contributed by atoms with E-state index in [2.05, 4.69) is 50.2 Å². The van der Waals surface area contributed by atoms with Gasteiger partial charge in [-0.15, -0.1) is 23.1 Å². The van der Waals surface area contributed by atoms with Crippen LogP contribution >= 0.6 is 23.1 Å². The number of benzene rings is 1. The number of thioether (sulfide) groups is 1. The van der Waals surface area contributed by atoms with Crippen molar-refractivity contribution in [1.29, 1.82) is 0 Å². The maximum Gasteiger partial charge on any atom is 0.00719 e. The van der Waals surface area contributed by atoms with Gasteiger partial charge in [0.2, 0.25) is 0 Å². The number of thiophene rings is 1. The van der Waals surface area contributed by atoms with E-state index in [9.17, 15) is 0 Å². The zero-order valence-electron chi connectivity index (χ0n) is 12.5. The Morgan fingerprint density at radius 1 is 0.950 bits per heavy atom. The average molecular weight is 305 g/mol. The van der Waals surface area contributed by atoms with Gasteiger partial charge in [-0.3, -0.25) is 0 Å². The van der Waals surface area contributed by atoms with E-state index in [1.165, 1.54) is 52.5 Å². The van der Waals surface area contributed by atoms with Gasteiger partial charge >= 0.3 is 0 Å². The summed E-state index contributed by atoms with van der Waals surface area (Å²) in [5, 5.41) is 0. The lowest BCUT2D eigenvalue weighted by Gasteiger charge is -2.03. The monoisotopic (exact) mass is 304 g/mol. The van der Waals surface area contributed by atoms with E-state index < -0.39 is 0 Å². The van der Waals surface area contributed by atoms with Crippen molar-refractivity contribution in [2.24, 2.45) is 0 Å². The molecule has 0 aliphatic heterocycles. The minimum atomic E-state index is 1.25. The Kier molecular flexibility index (Phi) is 6.68. The van der Waals surface area contributed by atoms with Crippen molar-refractivity contribution in [3.8, 4) is 0 Å². The van der Waals surface area contributed by atoms with Crippen LogP contribution in [0.15, 0.2) is 41.3 Å². The van der Waals surface area contributed by atoms with Crippen molar-refractivity contribution in [2.45, 2.75) is 50.8 Å². The van der Waals surface area contributed by atoms with Gasteiger partial charge in [0.25, 0.3) is 0 Å². The molecule has 0 aliphatic carbocycles. The molecule has 0 aliphatic rings. The fraction of sp³-hybridized carbons (Fsp3) is 0.444. The van der Waals surface area contributed by atoms with E-state index >= 15 is 0 Å². The molecule has 20 heavy (non-hydrogen) atoms. The highest BCUT2D eigenvalue weighted by Crippen LogP contribution is 2.23. The molecule has 0 saturated heterocycles. The van der Waals surface area contributed by atoms with Crippen LogP contribution in [0.5, 0.6) is 0 Å². The summed E-state index contributed by atoms with van der Waals surface area (Å²) in [6, 6.07) is 13.1. The SMILES string of the molecule is Cc1cc(CCCCCCSc2ccccc2)c(C)s1. The van der Waals surface area contributed by atoms with Gasteiger partial charge in [-0.05, 0) is 62.6 Å². The largest absolute Gasteiger partial charge is 0.146 e. The molecule has 1 aromatic heterocycles. The minimum absolute atomic E-state index is 1.25. The molecule has 0 amide bonds. The molecule has 0 nitrogen and oxygen atoms in total. The summed E-state index contributed by atoms with van der Waals surface area (Å²) in [7, 11) is 0. The Labute approximate surface area is 131 Å². The van der Waals surface area contributed by atoms with Crippen molar-refractivity contribution in [3.63, 3.8) is 0 Å². The van der Waals surface area contributed by atoms with Gasteiger partial charge < -0.3 is 0 Å². The van der Waals surface area contributed by atoms with Gasteiger partial charge in [0.05, 0.1) is 0 Å². The molecule has 0 radical (unpaired) electrons. The summed E-state index contributed by atoms with van der Waals surface area (Å²) in [6.07, 6.45) is 6.67. The molecule has 0 N–H and O–H groups in total. The molecule has 0 atom stereocenters. The maximum absolute atomic E-state index is 2.37. The number of unbranched alkanes of at least 4 members (excludes halogenated alkanes) is 3. The molecule has 2 rings (SSSR count). The third-order valence-corrected chi connectivity index (χ3v) is 5.60. The van der Waals surface area contributed by atoms with Crippen molar-refractivity contribution >= 4 is 23.1 Å². The van der Waals surface area contributed by atoms with Gasteiger partial charge in [-0.1, -0.05) is 31.0 Å². The Bertz CT molecular complexity index is 499. The molecular weight excluding hydrogens is 280 g/mol. The van der Waals surface area contributed by atoms with Crippen molar-refractivity contribution in [2.75, 3.05) is 5.75 Å². The van der Waals surface area contributed by atoms with Crippen molar-refractivity contribution < 1.29 is 0 Å². The first-order chi connectivity index (χ1) is 9.75. The number of hydrogen-bond donors (Lipinski definition) is 0. The second-order valence-electron chi connectivity index (χ2n) is 5.26. The molecule has 1 heterocycles. The zero-order valence-corrected chi connectivity index (χ0v) is 14.2. The van der Waals surface area contributed by atoms with Crippen molar-refractivity contribution in [1.82, 2.24) is 0 Å². The highest BCUT2D eigenvalue weighted by Gasteiger charge is 2.02. The number of rotatable bonds is 8. The predicted octanol–water partition coefficient (Wildman–Crippen LogP) is 6.26. The predicted molar refractivity (Wildman–Crippen MR) is 93.1 cm³/mol. The summed E-state index contributed by atoms with van der Waals surface area (Å²) in [5.41, 5.74) is 1.58. The quantitative estimate of drug-likeness (QED) is 0.409. The summed E-state index contributed by atoms with van der Waals surface area (Å²) in [5.74, 6) is 1.25. The Balaban J connectivity index is 1.53. The molecule has 0 fully saturated rings. The third-order valence-electron chi connectivity index (χ3n) is 3.50. The van der Waals surface area contributed by atoms with Crippen molar-refractivity contribution in [3.05, 3.63) is 51.7 Å². The van der Waals surface area contributed by atoms with E-state index in [4.69, 9.17) is 0 Å². The van der Waals surface area contributed by atoms with Crippen LogP contribution in [0, 0.1) is 13.8 Å². The molecular formula is C18H24S2.